The van der Waals surface area contributed by atoms with Crippen molar-refractivity contribution in [2.24, 2.45) is 21.9 Å². The van der Waals surface area contributed by atoms with Gasteiger partial charge in [-0.1, -0.05) is 32.9 Å². The first kappa shape index (κ1) is 15.4. The van der Waals surface area contributed by atoms with Crippen LogP contribution >= 0.6 is 0 Å². The van der Waals surface area contributed by atoms with Crippen LogP contribution in [-0.2, 0) is 14.8 Å². The second kappa shape index (κ2) is 4.52. The summed E-state index contributed by atoms with van der Waals surface area (Å²) in [6.45, 7) is 6.42. The summed E-state index contributed by atoms with van der Waals surface area (Å²) in [6.07, 6.45) is 3.90. The molecule has 1 aromatic carbocycles. The minimum atomic E-state index is -3.68. The van der Waals surface area contributed by atoms with Crippen LogP contribution in [0.2, 0.25) is 0 Å². The van der Waals surface area contributed by atoms with Crippen molar-refractivity contribution in [3.05, 3.63) is 35.4 Å². The van der Waals surface area contributed by atoms with Gasteiger partial charge >= 0.3 is 0 Å². The Morgan fingerprint density at radius 2 is 1.77 bits per heavy atom. The molecule has 2 aliphatic rings. The van der Waals surface area contributed by atoms with E-state index in [-0.39, 0.29) is 27.4 Å². The molecular formula is C17H21NO3S. The molecule has 2 unspecified atom stereocenters. The third kappa shape index (κ3) is 1.99. The monoisotopic (exact) mass is 319 g/mol. The predicted octanol–water partition coefficient (Wildman–Crippen LogP) is 2.74. The highest BCUT2D eigenvalue weighted by atomic mass is 32.2. The summed E-state index contributed by atoms with van der Waals surface area (Å²) in [5, 5.41) is 5.10. The zero-order valence-corrected chi connectivity index (χ0v) is 13.9. The molecule has 22 heavy (non-hydrogen) atoms. The molecule has 118 valence electrons. The first-order chi connectivity index (χ1) is 10.1. The first-order valence-corrected chi connectivity index (χ1v) is 9.01. The lowest BCUT2D eigenvalue weighted by Gasteiger charge is -2.31. The number of sulfonamides is 1. The van der Waals surface area contributed by atoms with Crippen molar-refractivity contribution in [1.82, 2.24) is 0 Å². The number of nitrogens with two attached hydrogens (primary N) is 1. The van der Waals surface area contributed by atoms with Gasteiger partial charge in [0.2, 0.25) is 10.0 Å². The Morgan fingerprint density at radius 1 is 1.18 bits per heavy atom. The lowest BCUT2D eigenvalue weighted by Crippen LogP contribution is -2.32. The number of hydrogen-bond acceptors (Lipinski definition) is 3. The smallest absolute Gasteiger partial charge is 0.238 e. The van der Waals surface area contributed by atoms with Crippen LogP contribution in [0.4, 0.5) is 0 Å². The van der Waals surface area contributed by atoms with Crippen LogP contribution in [0, 0.1) is 16.7 Å². The van der Waals surface area contributed by atoms with Gasteiger partial charge in [-0.2, -0.15) is 0 Å². The SMILES string of the molecule is CC12CCC(C(=Cc3ccc(S(N)(=O)=O)cc3)C1=O)C2(C)C. The van der Waals surface area contributed by atoms with E-state index in [1.807, 2.05) is 6.08 Å². The fourth-order valence-corrected chi connectivity index (χ4v) is 4.54. The van der Waals surface area contributed by atoms with Crippen LogP contribution in [0.15, 0.2) is 34.7 Å². The van der Waals surface area contributed by atoms with Crippen LogP contribution < -0.4 is 5.14 Å². The highest BCUT2D eigenvalue weighted by molar-refractivity contribution is 7.89. The van der Waals surface area contributed by atoms with E-state index in [4.69, 9.17) is 5.14 Å². The predicted molar refractivity (Wildman–Crippen MR) is 85.4 cm³/mol. The molecule has 0 aromatic heterocycles. The molecule has 2 atom stereocenters. The summed E-state index contributed by atoms with van der Waals surface area (Å²) in [5.41, 5.74) is 1.42. The van der Waals surface area contributed by atoms with Crippen LogP contribution in [0.25, 0.3) is 6.08 Å². The van der Waals surface area contributed by atoms with E-state index in [9.17, 15) is 13.2 Å². The van der Waals surface area contributed by atoms with Crippen molar-refractivity contribution >= 4 is 21.9 Å². The Labute approximate surface area is 131 Å². The Bertz CT molecular complexity index is 775. The normalized spacial score (nSPS) is 31.9. The number of fused-ring (bicyclic) bond motifs is 2. The maximum Gasteiger partial charge on any atom is 0.238 e. The molecule has 0 heterocycles. The lowest BCUT2D eigenvalue weighted by atomic mass is 9.70. The zero-order valence-electron chi connectivity index (χ0n) is 13.1. The maximum atomic E-state index is 12.8. The van der Waals surface area contributed by atoms with E-state index in [2.05, 4.69) is 20.8 Å². The van der Waals surface area contributed by atoms with Gasteiger partial charge in [0.15, 0.2) is 5.78 Å². The van der Waals surface area contributed by atoms with Crippen molar-refractivity contribution in [3.63, 3.8) is 0 Å². The molecule has 2 bridgehead atoms. The second-order valence-corrected chi connectivity index (χ2v) is 8.75. The molecule has 2 aliphatic carbocycles. The number of allylic oxidation sites excluding steroid dienone is 1. The van der Waals surface area contributed by atoms with Gasteiger partial charge in [0.25, 0.3) is 0 Å². The number of rotatable bonds is 2. The molecule has 1 aromatic rings. The Morgan fingerprint density at radius 3 is 2.23 bits per heavy atom. The summed E-state index contributed by atoms with van der Waals surface area (Å²) in [4.78, 5) is 12.8. The molecule has 2 N–H and O–H groups in total. The molecule has 3 rings (SSSR count). The van der Waals surface area contributed by atoms with Gasteiger partial charge in [0, 0.05) is 5.41 Å². The average Bonchev–Trinajstić information content (AvgIpc) is 2.73. The summed E-state index contributed by atoms with van der Waals surface area (Å²) in [6, 6.07) is 6.35. The van der Waals surface area contributed by atoms with Crippen molar-refractivity contribution in [2.45, 2.75) is 38.5 Å². The number of carbonyl (C=O) groups excluding carboxylic acids is 1. The maximum absolute atomic E-state index is 12.8. The number of carbonyl (C=O) groups is 1. The topological polar surface area (TPSA) is 77.2 Å². The molecule has 0 spiro atoms. The van der Waals surface area contributed by atoms with Gasteiger partial charge in [-0.25, -0.2) is 13.6 Å². The van der Waals surface area contributed by atoms with Crippen LogP contribution in [0.3, 0.4) is 0 Å². The van der Waals surface area contributed by atoms with E-state index < -0.39 is 10.0 Å². The number of Topliss-reactive ketones (excluding diaryl/α,β-unsaturated/α-hetero) is 1. The third-order valence-corrected chi connectivity index (χ3v) is 6.83. The van der Waals surface area contributed by atoms with Crippen molar-refractivity contribution in [2.75, 3.05) is 0 Å². The molecule has 0 radical (unpaired) electrons. The third-order valence-electron chi connectivity index (χ3n) is 5.90. The largest absolute Gasteiger partial charge is 0.294 e. The highest BCUT2D eigenvalue weighted by Crippen LogP contribution is 2.65. The van der Waals surface area contributed by atoms with E-state index >= 15 is 0 Å². The number of ketones is 1. The van der Waals surface area contributed by atoms with Crippen molar-refractivity contribution in [3.8, 4) is 0 Å². The number of benzene rings is 1. The summed E-state index contributed by atoms with van der Waals surface area (Å²) >= 11 is 0. The van der Waals surface area contributed by atoms with E-state index in [1.54, 1.807) is 12.1 Å². The van der Waals surface area contributed by atoms with E-state index in [1.165, 1.54) is 12.1 Å². The summed E-state index contributed by atoms with van der Waals surface area (Å²) < 4.78 is 22.6. The molecule has 5 heteroatoms. The second-order valence-electron chi connectivity index (χ2n) is 7.19. The van der Waals surface area contributed by atoms with Crippen molar-refractivity contribution < 1.29 is 13.2 Å². The molecule has 2 saturated carbocycles. The van der Waals surface area contributed by atoms with Gasteiger partial charge in [-0.3, -0.25) is 4.79 Å². The molecule has 0 saturated heterocycles. The first-order valence-electron chi connectivity index (χ1n) is 7.47. The Kier molecular flexibility index (Phi) is 3.17. The number of primary sulfonamides is 1. The zero-order chi connectivity index (χ0) is 16.3. The van der Waals surface area contributed by atoms with Crippen LogP contribution in [-0.4, -0.2) is 14.2 Å². The Hall–Kier alpha value is -1.46. The van der Waals surface area contributed by atoms with Crippen molar-refractivity contribution in [1.29, 1.82) is 0 Å². The average molecular weight is 319 g/mol. The minimum absolute atomic E-state index is 0.0174. The highest BCUT2D eigenvalue weighted by Gasteiger charge is 2.63. The Balaban J connectivity index is 1.99. The molecule has 2 fully saturated rings. The molecule has 4 nitrogen and oxygen atoms in total. The number of hydrogen-bond donors (Lipinski definition) is 1. The van der Waals surface area contributed by atoms with E-state index in [0.29, 0.717) is 0 Å². The summed E-state index contributed by atoms with van der Waals surface area (Å²) in [5.74, 6) is 0.521. The quantitative estimate of drug-likeness (QED) is 0.851. The van der Waals surface area contributed by atoms with Gasteiger partial charge in [0.05, 0.1) is 4.90 Å². The van der Waals surface area contributed by atoms with Crippen LogP contribution in [0.1, 0.15) is 39.2 Å². The fourth-order valence-electron chi connectivity index (χ4n) is 4.03. The van der Waals surface area contributed by atoms with Gasteiger partial charge in [-0.15, -0.1) is 0 Å². The lowest BCUT2D eigenvalue weighted by molar-refractivity contribution is -0.125. The molecule has 0 aliphatic heterocycles. The summed E-state index contributed by atoms with van der Waals surface area (Å²) in [7, 11) is -3.68. The van der Waals surface area contributed by atoms with Gasteiger partial charge in [0.1, 0.15) is 0 Å². The van der Waals surface area contributed by atoms with Crippen LogP contribution in [0.5, 0.6) is 0 Å². The van der Waals surface area contributed by atoms with Gasteiger partial charge in [-0.05, 0) is 53.5 Å². The molecule has 0 amide bonds. The molecular weight excluding hydrogens is 298 g/mol. The standard InChI is InChI=1S/C17H21NO3S/c1-16(2)14-8-9-17(16,3)15(19)13(14)10-11-4-6-12(7-5-11)22(18,20)21/h4-7,10,14H,8-9H2,1-3H3,(H2,18,20,21). The minimum Gasteiger partial charge on any atom is -0.294 e. The van der Waals surface area contributed by atoms with E-state index in [0.717, 1.165) is 24.0 Å². The fraction of sp³-hybridized carbons (Fsp3) is 0.471. The van der Waals surface area contributed by atoms with Gasteiger partial charge < -0.3 is 0 Å².